The van der Waals surface area contributed by atoms with E-state index in [1.807, 2.05) is 6.07 Å². The number of aliphatic hydroxyl groups excluding tert-OH is 1. The Morgan fingerprint density at radius 1 is 1.41 bits per heavy atom. The van der Waals surface area contributed by atoms with Gasteiger partial charge in [0, 0.05) is 0 Å². The molecule has 22 heavy (non-hydrogen) atoms. The fourth-order valence-corrected chi connectivity index (χ4v) is 2.53. The quantitative estimate of drug-likeness (QED) is 0.873. The van der Waals surface area contributed by atoms with E-state index in [4.69, 9.17) is 14.6 Å². The molecule has 1 aliphatic rings. The summed E-state index contributed by atoms with van der Waals surface area (Å²) in [6.07, 6.45) is 4.05. The zero-order valence-corrected chi connectivity index (χ0v) is 12.5. The predicted molar refractivity (Wildman–Crippen MR) is 82.4 cm³/mol. The van der Waals surface area contributed by atoms with E-state index in [0.717, 1.165) is 17.7 Å². The number of ether oxygens (including phenoxy) is 2. The monoisotopic (exact) mass is 301 g/mol. The molecule has 2 N–H and O–H groups in total. The van der Waals surface area contributed by atoms with E-state index in [2.05, 4.69) is 34.3 Å². The Bertz CT molecular complexity index is 648. The number of hydrogen-bond acceptors (Lipinski definition) is 6. The molecule has 0 saturated carbocycles. The van der Waals surface area contributed by atoms with Crippen molar-refractivity contribution in [2.45, 2.75) is 19.4 Å². The number of aryl methyl sites for hydroxylation is 1. The zero-order valence-electron chi connectivity index (χ0n) is 12.5. The fraction of sp³-hybridized carbons (Fsp3) is 0.375. The summed E-state index contributed by atoms with van der Waals surface area (Å²) < 4.78 is 11.1. The lowest BCUT2D eigenvalue weighted by Gasteiger charge is -2.27. The van der Waals surface area contributed by atoms with Gasteiger partial charge in [-0.3, -0.25) is 4.98 Å². The number of anilines is 1. The molecule has 1 unspecified atom stereocenters. The summed E-state index contributed by atoms with van der Waals surface area (Å²) in [5.74, 6) is 2.03. The number of rotatable bonds is 5. The van der Waals surface area contributed by atoms with Gasteiger partial charge < -0.3 is 19.9 Å². The smallest absolute Gasteiger partial charge is 0.234 e. The van der Waals surface area contributed by atoms with E-state index in [-0.39, 0.29) is 19.3 Å². The topological polar surface area (TPSA) is 76.5 Å². The molecule has 1 aliphatic heterocycles. The molecular formula is C16H19N3O3. The van der Waals surface area contributed by atoms with Gasteiger partial charge in [0.15, 0.2) is 0 Å². The van der Waals surface area contributed by atoms with Crippen molar-refractivity contribution in [1.29, 1.82) is 0 Å². The van der Waals surface area contributed by atoms with Crippen molar-refractivity contribution >= 4 is 5.82 Å². The predicted octanol–water partition coefficient (Wildman–Crippen LogP) is 1.57. The van der Waals surface area contributed by atoms with Crippen LogP contribution in [0.25, 0.3) is 0 Å². The van der Waals surface area contributed by atoms with E-state index in [1.165, 1.54) is 11.8 Å². The lowest BCUT2D eigenvalue weighted by molar-refractivity contribution is 0.196. The lowest BCUT2D eigenvalue weighted by Crippen LogP contribution is -2.33. The molecule has 0 radical (unpaired) electrons. The summed E-state index contributed by atoms with van der Waals surface area (Å²) in [4.78, 5) is 8.40. The minimum Gasteiger partial charge on any atom is -0.491 e. The Labute approximate surface area is 129 Å². The minimum absolute atomic E-state index is 0.0497. The average molecular weight is 301 g/mol. The van der Waals surface area contributed by atoms with Gasteiger partial charge in [-0.05, 0) is 24.5 Å². The highest BCUT2D eigenvalue weighted by Crippen LogP contribution is 2.29. The van der Waals surface area contributed by atoms with Crippen molar-refractivity contribution in [3.8, 4) is 11.6 Å². The number of aliphatic hydroxyl groups is 1. The van der Waals surface area contributed by atoms with Crippen LogP contribution in [0.3, 0.4) is 0 Å². The molecular weight excluding hydrogens is 282 g/mol. The van der Waals surface area contributed by atoms with E-state index < -0.39 is 0 Å². The second-order valence-corrected chi connectivity index (χ2v) is 5.23. The number of hydrogen-bond donors (Lipinski definition) is 2. The summed E-state index contributed by atoms with van der Waals surface area (Å²) in [5, 5.41) is 12.1. The van der Waals surface area contributed by atoms with Crippen molar-refractivity contribution in [2.24, 2.45) is 0 Å². The first-order chi connectivity index (χ1) is 10.8. The number of nitrogens with zero attached hydrogens (tertiary/aromatic N) is 2. The summed E-state index contributed by atoms with van der Waals surface area (Å²) in [6, 6.07) is 6.32. The first kappa shape index (κ1) is 14.6. The van der Waals surface area contributed by atoms with Crippen LogP contribution in [-0.2, 0) is 6.42 Å². The third kappa shape index (κ3) is 3.28. The van der Waals surface area contributed by atoms with Crippen LogP contribution in [0.4, 0.5) is 5.82 Å². The van der Waals surface area contributed by atoms with Crippen LogP contribution in [0.5, 0.6) is 11.6 Å². The largest absolute Gasteiger partial charge is 0.491 e. The first-order valence-electron chi connectivity index (χ1n) is 7.30. The summed E-state index contributed by atoms with van der Waals surface area (Å²) in [7, 11) is 0. The van der Waals surface area contributed by atoms with Crippen LogP contribution >= 0.6 is 0 Å². The average Bonchev–Trinajstić information content (AvgIpc) is 2.53. The van der Waals surface area contributed by atoms with Crippen LogP contribution in [0, 0.1) is 6.92 Å². The Morgan fingerprint density at radius 3 is 3.18 bits per heavy atom. The molecule has 0 bridgehead atoms. The van der Waals surface area contributed by atoms with Gasteiger partial charge in [-0.2, -0.15) is 4.98 Å². The van der Waals surface area contributed by atoms with Crippen molar-refractivity contribution in [2.75, 3.05) is 25.1 Å². The molecule has 0 spiro atoms. The maximum atomic E-state index is 8.77. The third-order valence-electron chi connectivity index (χ3n) is 3.49. The second-order valence-electron chi connectivity index (χ2n) is 5.23. The van der Waals surface area contributed by atoms with Gasteiger partial charge in [-0.25, -0.2) is 0 Å². The van der Waals surface area contributed by atoms with Crippen molar-refractivity contribution < 1.29 is 14.6 Å². The van der Waals surface area contributed by atoms with Gasteiger partial charge in [-0.1, -0.05) is 18.2 Å². The number of fused-ring (bicyclic) bond motifs is 1. The molecule has 1 atom stereocenters. The molecule has 3 rings (SSSR count). The number of nitrogens with one attached hydrogen (secondary N) is 1. The number of para-hydroxylation sites is 1. The van der Waals surface area contributed by atoms with Gasteiger partial charge in [0.25, 0.3) is 0 Å². The maximum Gasteiger partial charge on any atom is 0.234 e. The summed E-state index contributed by atoms with van der Waals surface area (Å²) in [5.41, 5.74) is 2.36. The van der Waals surface area contributed by atoms with Crippen LogP contribution in [-0.4, -0.2) is 40.9 Å². The van der Waals surface area contributed by atoms with Gasteiger partial charge in [-0.15, -0.1) is 0 Å². The molecule has 2 aromatic rings. The van der Waals surface area contributed by atoms with Crippen LogP contribution in [0.15, 0.2) is 30.6 Å². The highest BCUT2D eigenvalue weighted by atomic mass is 16.5. The molecule has 6 nitrogen and oxygen atoms in total. The van der Waals surface area contributed by atoms with E-state index >= 15 is 0 Å². The standard InChI is InChI=1S/C16H19N3O3/c1-11-3-2-4-12-7-13(10-22-16(11)12)18-14-8-17-9-15(19-14)21-6-5-20/h2-4,8-9,13,20H,5-7,10H2,1H3,(H,18,19). The molecule has 116 valence electrons. The molecule has 0 saturated heterocycles. The van der Waals surface area contributed by atoms with Gasteiger partial charge >= 0.3 is 0 Å². The molecule has 6 heteroatoms. The number of aromatic nitrogens is 2. The van der Waals surface area contributed by atoms with E-state index in [9.17, 15) is 0 Å². The molecule has 0 amide bonds. The lowest BCUT2D eigenvalue weighted by atomic mass is 10.00. The maximum absolute atomic E-state index is 8.77. The first-order valence-corrected chi connectivity index (χ1v) is 7.30. The Morgan fingerprint density at radius 2 is 2.32 bits per heavy atom. The van der Waals surface area contributed by atoms with Crippen molar-refractivity contribution in [3.63, 3.8) is 0 Å². The molecule has 1 aromatic carbocycles. The minimum atomic E-state index is -0.0497. The zero-order chi connectivity index (χ0) is 15.4. The molecule has 2 heterocycles. The highest BCUT2D eigenvalue weighted by Gasteiger charge is 2.21. The van der Waals surface area contributed by atoms with E-state index in [0.29, 0.717) is 18.3 Å². The third-order valence-corrected chi connectivity index (χ3v) is 3.49. The SMILES string of the molecule is Cc1cccc2c1OCC(Nc1cncc(OCCO)n1)C2. The van der Waals surface area contributed by atoms with Crippen molar-refractivity contribution in [1.82, 2.24) is 9.97 Å². The molecule has 1 aromatic heterocycles. The van der Waals surface area contributed by atoms with Crippen molar-refractivity contribution in [3.05, 3.63) is 41.7 Å². The van der Waals surface area contributed by atoms with Crippen LogP contribution in [0.2, 0.25) is 0 Å². The Hall–Kier alpha value is -2.34. The van der Waals surface area contributed by atoms with Crippen LogP contribution < -0.4 is 14.8 Å². The Balaban J connectivity index is 1.67. The van der Waals surface area contributed by atoms with Gasteiger partial charge in [0.05, 0.1) is 25.0 Å². The molecule has 0 aliphatic carbocycles. The van der Waals surface area contributed by atoms with Crippen LogP contribution in [0.1, 0.15) is 11.1 Å². The second kappa shape index (κ2) is 6.62. The number of benzene rings is 1. The normalized spacial score (nSPS) is 16.5. The summed E-state index contributed by atoms with van der Waals surface area (Å²) >= 11 is 0. The molecule has 0 fully saturated rings. The van der Waals surface area contributed by atoms with Gasteiger partial charge in [0.2, 0.25) is 5.88 Å². The van der Waals surface area contributed by atoms with Gasteiger partial charge in [0.1, 0.15) is 24.8 Å². The highest BCUT2D eigenvalue weighted by molar-refractivity contribution is 5.44. The van der Waals surface area contributed by atoms with E-state index in [1.54, 1.807) is 6.20 Å². The summed E-state index contributed by atoms with van der Waals surface area (Å²) in [6.45, 7) is 2.80. The fourth-order valence-electron chi connectivity index (χ4n) is 2.53. The Kier molecular flexibility index (Phi) is 4.39.